The summed E-state index contributed by atoms with van der Waals surface area (Å²) in [6.45, 7) is 6.67. The summed E-state index contributed by atoms with van der Waals surface area (Å²) < 4.78 is 0. The lowest BCUT2D eigenvalue weighted by Crippen LogP contribution is -2.07. The fourth-order valence-corrected chi connectivity index (χ4v) is 2.04. The van der Waals surface area contributed by atoms with Crippen molar-refractivity contribution in [3.8, 4) is 0 Å². The van der Waals surface area contributed by atoms with Crippen molar-refractivity contribution in [3.63, 3.8) is 0 Å². The smallest absolute Gasteiger partial charge is 0.183 e. The number of thiazole rings is 1. The lowest BCUT2D eigenvalue weighted by Gasteiger charge is -2.14. The first-order chi connectivity index (χ1) is 6.05. The van der Waals surface area contributed by atoms with Gasteiger partial charge in [0.25, 0.3) is 0 Å². The van der Waals surface area contributed by atoms with E-state index in [0.29, 0.717) is 6.04 Å². The summed E-state index contributed by atoms with van der Waals surface area (Å²) in [7, 11) is 0. The second-order valence-electron chi connectivity index (χ2n) is 4.70. The van der Waals surface area contributed by atoms with Crippen LogP contribution in [-0.4, -0.2) is 11.0 Å². The second-order valence-corrected chi connectivity index (χ2v) is 5.73. The molecule has 1 aromatic rings. The maximum Gasteiger partial charge on any atom is 0.183 e. The molecule has 0 amide bonds. The zero-order valence-electron chi connectivity index (χ0n) is 8.42. The maximum absolute atomic E-state index is 4.37. The van der Waals surface area contributed by atoms with Crippen LogP contribution < -0.4 is 5.32 Å². The first kappa shape index (κ1) is 9.00. The van der Waals surface area contributed by atoms with Crippen LogP contribution in [-0.2, 0) is 5.41 Å². The highest BCUT2D eigenvalue weighted by Crippen LogP contribution is 2.32. The molecule has 13 heavy (non-hydrogen) atoms. The molecular weight excluding hydrogens is 180 g/mol. The molecule has 0 saturated heterocycles. The van der Waals surface area contributed by atoms with Crippen molar-refractivity contribution >= 4 is 16.5 Å². The molecule has 3 heteroatoms. The summed E-state index contributed by atoms with van der Waals surface area (Å²) in [5.41, 5.74) is 0.237. The number of rotatable bonds is 2. The summed E-state index contributed by atoms with van der Waals surface area (Å²) in [4.78, 5) is 5.73. The predicted octanol–water partition coefficient (Wildman–Crippen LogP) is 3.01. The third-order valence-electron chi connectivity index (χ3n) is 2.15. The lowest BCUT2D eigenvalue weighted by molar-refractivity contribution is 0.602. The van der Waals surface area contributed by atoms with Crippen LogP contribution in [0, 0.1) is 0 Å². The molecule has 1 saturated carbocycles. The van der Waals surface area contributed by atoms with E-state index in [1.54, 1.807) is 11.3 Å². The first-order valence-corrected chi connectivity index (χ1v) is 5.60. The third kappa shape index (κ3) is 2.21. The van der Waals surface area contributed by atoms with Crippen LogP contribution in [0.2, 0.25) is 0 Å². The van der Waals surface area contributed by atoms with Gasteiger partial charge in [-0.1, -0.05) is 20.8 Å². The molecule has 0 unspecified atom stereocenters. The maximum atomic E-state index is 4.37. The number of aromatic nitrogens is 1. The highest BCUT2D eigenvalue weighted by Gasteiger charge is 2.23. The average Bonchev–Trinajstić information content (AvgIpc) is 2.63. The zero-order chi connectivity index (χ0) is 9.47. The molecule has 0 aliphatic heterocycles. The van der Waals surface area contributed by atoms with Gasteiger partial charge < -0.3 is 5.32 Å². The highest BCUT2D eigenvalue weighted by molar-refractivity contribution is 7.15. The van der Waals surface area contributed by atoms with Crippen LogP contribution >= 0.6 is 11.3 Å². The Bertz CT molecular complexity index is 294. The molecule has 0 bridgehead atoms. The van der Waals surface area contributed by atoms with Crippen molar-refractivity contribution in [2.75, 3.05) is 5.32 Å². The number of anilines is 1. The number of nitrogens with zero attached hydrogens (tertiary/aromatic N) is 1. The summed E-state index contributed by atoms with van der Waals surface area (Å²) in [6, 6.07) is 0.707. The van der Waals surface area contributed by atoms with Gasteiger partial charge in [-0.3, -0.25) is 0 Å². The standard InChI is InChI=1S/C10H16N2S/c1-10(2,3)8-6-11-9(13-8)12-7-4-5-7/h6-7H,4-5H2,1-3H3,(H,11,12). The SMILES string of the molecule is CC(C)(C)c1cnc(NC2CC2)s1. The van der Waals surface area contributed by atoms with E-state index < -0.39 is 0 Å². The van der Waals surface area contributed by atoms with E-state index >= 15 is 0 Å². The van der Waals surface area contributed by atoms with Crippen LogP contribution in [0.15, 0.2) is 6.20 Å². The van der Waals surface area contributed by atoms with Crippen LogP contribution in [0.4, 0.5) is 5.13 Å². The van der Waals surface area contributed by atoms with Gasteiger partial charge >= 0.3 is 0 Å². The summed E-state index contributed by atoms with van der Waals surface area (Å²) in [6.07, 6.45) is 4.62. The van der Waals surface area contributed by atoms with Crippen molar-refractivity contribution in [1.82, 2.24) is 4.98 Å². The molecule has 72 valence electrons. The highest BCUT2D eigenvalue weighted by atomic mass is 32.1. The van der Waals surface area contributed by atoms with Crippen LogP contribution in [0.25, 0.3) is 0 Å². The van der Waals surface area contributed by atoms with Crippen LogP contribution in [0.3, 0.4) is 0 Å². The molecule has 2 rings (SSSR count). The van der Waals surface area contributed by atoms with Gasteiger partial charge in [0.2, 0.25) is 0 Å². The van der Waals surface area contributed by atoms with Gasteiger partial charge in [-0.25, -0.2) is 4.98 Å². The van der Waals surface area contributed by atoms with Gasteiger partial charge in [0.15, 0.2) is 5.13 Å². The largest absolute Gasteiger partial charge is 0.359 e. The van der Waals surface area contributed by atoms with E-state index in [1.807, 2.05) is 6.20 Å². The molecule has 2 nitrogen and oxygen atoms in total. The molecular formula is C10H16N2S. The molecule has 1 fully saturated rings. The lowest BCUT2D eigenvalue weighted by atomic mass is 9.96. The Morgan fingerprint density at radius 2 is 2.15 bits per heavy atom. The number of hydrogen-bond donors (Lipinski definition) is 1. The Balaban J connectivity index is 2.08. The molecule has 1 aliphatic carbocycles. The van der Waals surface area contributed by atoms with Gasteiger partial charge in [0.1, 0.15) is 0 Å². The molecule has 1 aromatic heterocycles. The molecule has 0 atom stereocenters. The molecule has 0 spiro atoms. The van der Waals surface area contributed by atoms with E-state index in [9.17, 15) is 0 Å². The monoisotopic (exact) mass is 196 g/mol. The molecule has 0 aromatic carbocycles. The van der Waals surface area contributed by atoms with Gasteiger partial charge in [-0.2, -0.15) is 0 Å². The minimum Gasteiger partial charge on any atom is -0.359 e. The van der Waals surface area contributed by atoms with E-state index in [0.717, 1.165) is 5.13 Å². The van der Waals surface area contributed by atoms with Gasteiger partial charge in [0.05, 0.1) is 0 Å². The van der Waals surface area contributed by atoms with E-state index in [1.165, 1.54) is 17.7 Å². The first-order valence-electron chi connectivity index (χ1n) is 4.78. The van der Waals surface area contributed by atoms with Gasteiger partial charge in [-0.05, 0) is 18.3 Å². The summed E-state index contributed by atoms with van der Waals surface area (Å²) >= 11 is 1.79. The number of nitrogens with one attached hydrogen (secondary N) is 1. The number of hydrogen-bond acceptors (Lipinski definition) is 3. The molecule has 1 N–H and O–H groups in total. The van der Waals surface area contributed by atoms with E-state index in [-0.39, 0.29) is 5.41 Å². The quantitative estimate of drug-likeness (QED) is 0.786. The zero-order valence-corrected chi connectivity index (χ0v) is 9.24. The molecule has 0 radical (unpaired) electrons. The normalized spacial score (nSPS) is 17.5. The minimum atomic E-state index is 0.237. The fraction of sp³-hybridized carbons (Fsp3) is 0.700. The average molecular weight is 196 g/mol. The summed E-state index contributed by atoms with van der Waals surface area (Å²) in [5.74, 6) is 0. The van der Waals surface area contributed by atoms with Gasteiger partial charge in [0, 0.05) is 17.1 Å². The third-order valence-corrected chi connectivity index (χ3v) is 3.50. The Morgan fingerprint density at radius 3 is 2.62 bits per heavy atom. The Morgan fingerprint density at radius 1 is 1.46 bits per heavy atom. The minimum absolute atomic E-state index is 0.237. The van der Waals surface area contributed by atoms with E-state index in [2.05, 4.69) is 31.1 Å². The summed E-state index contributed by atoms with van der Waals surface area (Å²) in [5, 5.41) is 4.51. The second kappa shape index (κ2) is 2.98. The molecule has 1 aliphatic rings. The topological polar surface area (TPSA) is 24.9 Å². The van der Waals surface area contributed by atoms with Crippen molar-refractivity contribution in [1.29, 1.82) is 0 Å². The van der Waals surface area contributed by atoms with Crippen LogP contribution in [0.1, 0.15) is 38.5 Å². The Hall–Kier alpha value is -0.570. The Labute approximate surface area is 83.4 Å². The van der Waals surface area contributed by atoms with Gasteiger partial charge in [-0.15, -0.1) is 11.3 Å². The fourth-order valence-electron chi connectivity index (χ4n) is 1.09. The van der Waals surface area contributed by atoms with Crippen LogP contribution in [0.5, 0.6) is 0 Å². The van der Waals surface area contributed by atoms with Crippen molar-refractivity contribution < 1.29 is 0 Å². The molecule has 1 heterocycles. The van der Waals surface area contributed by atoms with Crippen molar-refractivity contribution in [3.05, 3.63) is 11.1 Å². The van der Waals surface area contributed by atoms with Crippen molar-refractivity contribution in [2.24, 2.45) is 0 Å². The Kier molecular flexibility index (Phi) is 2.06. The predicted molar refractivity (Wildman–Crippen MR) is 57.5 cm³/mol. The van der Waals surface area contributed by atoms with E-state index in [4.69, 9.17) is 0 Å². The van der Waals surface area contributed by atoms with Crippen molar-refractivity contribution in [2.45, 2.75) is 45.1 Å².